The van der Waals surface area contributed by atoms with Gasteiger partial charge in [0.25, 0.3) is 0 Å². The van der Waals surface area contributed by atoms with E-state index in [0.717, 1.165) is 17.2 Å². The number of ether oxygens (including phenoxy) is 1. The summed E-state index contributed by atoms with van der Waals surface area (Å²) in [6, 6.07) is 15.6. The lowest BCUT2D eigenvalue weighted by Crippen LogP contribution is -2.06. The van der Waals surface area contributed by atoms with E-state index in [4.69, 9.17) is 16.3 Å². The van der Waals surface area contributed by atoms with Crippen molar-refractivity contribution in [2.45, 2.75) is 20.4 Å². The predicted molar refractivity (Wildman–Crippen MR) is 107 cm³/mol. The fraction of sp³-hybridized carbons (Fsp3) is 0.200. The Hall–Kier alpha value is -2.79. The van der Waals surface area contributed by atoms with Crippen LogP contribution >= 0.6 is 11.6 Å². The second-order valence-corrected chi connectivity index (χ2v) is 6.40. The molecule has 134 valence electrons. The molecule has 3 rings (SSSR count). The number of methoxy groups -OCH3 is 1. The molecule has 0 aliphatic heterocycles. The molecule has 26 heavy (non-hydrogen) atoms. The second kappa shape index (κ2) is 8.06. The number of benzene rings is 2. The van der Waals surface area contributed by atoms with Crippen molar-refractivity contribution in [3.8, 4) is 5.75 Å². The van der Waals surface area contributed by atoms with Crippen LogP contribution in [0.3, 0.4) is 0 Å². The Labute approximate surface area is 158 Å². The van der Waals surface area contributed by atoms with Crippen LogP contribution in [0.4, 0.5) is 17.5 Å². The third kappa shape index (κ3) is 4.43. The van der Waals surface area contributed by atoms with Crippen LogP contribution in [0, 0.1) is 13.8 Å². The molecule has 0 bridgehead atoms. The summed E-state index contributed by atoms with van der Waals surface area (Å²) in [7, 11) is 1.61. The molecule has 0 fully saturated rings. The van der Waals surface area contributed by atoms with Gasteiger partial charge in [-0.05, 0) is 43.2 Å². The van der Waals surface area contributed by atoms with Gasteiger partial charge in [0.15, 0.2) is 0 Å². The lowest BCUT2D eigenvalue weighted by atomic mass is 10.1. The highest BCUT2D eigenvalue weighted by atomic mass is 35.5. The smallest absolute Gasteiger partial charge is 0.229 e. The summed E-state index contributed by atoms with van der Waals surface area (Å²) in [5.74, 6) is 1.91. The summed E-state index contributed by atoms with van der Waals surface area (Å²) >= 11 is 6.09. The number of nitrogens with zero attached hydrogens (tertiary/aromatic N) is 2. The fourth-order valence-electron chi connectivity index (χ4n) is 2.61. The van der Waals surface area contributed by atoms with Gasteiger partial charge in [-0.25, -0.2) is 4.98 Å². The van der Waals surface area contributed by atoms with E-state index < -0.39 is 0 Å². The summed E-state index contributed by atoms with van der Waals surface area (Å²) in [6.45, 7) is 4.73. The van der Waals surface area contributed by atoms with Crippen molar-refractivity contribution in [3.63, 3.8) is 0 Å². The van der Waals surface area contributed by atoms with Gasteiger partial charge in [0.1, 0.15) is 11.6 Å². The van der Waals surface area contributed by atoms with Crippen LogP contribution in [0.25, 0.3) is 0 Å². The Morgan fingerprint density at radius 2 is 1.85 bits per heavy atom. The Bertz CT molecular complexity index is 914. The zero-order valence-electron chi connectivity index (χ0n) is 15.0. The van der Waals surface area contributed by atoms with Crippen molar-refractivity contribution >= 4 is 29.1 Å². The molecule has 1 heterocycles. The molecule has 0 amide bonds. The van der Waals surface area contributed by atoms with Gasteiger partial charge in [-0.15, -0.1) is 0 Å². The first kappa shape index (κ1) is 18.0. The molecule has 3 aromatic rings. The normalized spacial score (nSPS) is 10.5. The lowest BCUT2D eigenvalue weighted by Gasteiger charge is -2.13. The number of nitrogens with one attached hydrogen (secondary N) is 2. The number of aryl methyl sites for hydroxylation is 2. The van der Waals surface area contributed by atoms with Gasteiger partial charge in [0, 0.05) is 23.3 Å². The molecule has 0 saturated carbocycles. The van der Waals surface area contributed by atoms with E-state index in [9.17, 15) is 0 Å². The highest BCUT2D eigenvalue weighted by molar-refractivity contribution is 6.31. The third-order valence-corrected chi connectivity index (χ3v) is 4.22. The van der Waals surface area contributed by atoms with Gasteiger partial charge >= 0.3 is 0 Å². The van der Waals surface area contributed by atoms with E-state index >= 15 is 0 Å². The average molecular weight is 369 g/mol. The van der Waals surface area contributed by atoms with Crippen LogP contribution in [0.1, 0.15) is 16.8 Å². The van der Waals surface area contributed by atoms with Gasteiger partial charge < -0.3 is 15.4 Å². The molecule has 0 aliphatic carbocycles. The summed E-state index contributed by atoms with van der Waals surface area (Å²) in [5.41, 5.74) is 4.05. The molecule has 5 nitrogen and oxygen atoms in total. The largest absolute Gasteiger partial charge is 0.495 e. The van der Waals surface area contributed by atoms with Crippen LogP contribution in [-0.2, 0) is 6.54 Å². The molecular weight excluding hydrogens is 348 g/mol. The van der Waals surface area contributed by atoms with Crippen LogP contribution in [0.15, 0.2) is 48.5 Å². The first-order chi connectivity index (χ1) is 12.5. The Morgan fingerprint density at radius 3 is 2.62 bits per heavy atom. The van der Waals surface area contributed by atoms with Crippen LogP contribution in [0.5, 0.6) is 5.75 Å². The standard InChI is InChI=1S/C20H21ClN4O/c1-13-6-4-5-7-15(13)12-22-19-10-14(2)23-20(25-19)24-17-11-16(21)8-9-18(17)26-3/h4-11H,12H2,1-3H3,(H2,22,23,24,25). The van der Waals surface area contributed by atoms with E-state index in [1.807, 2.05) is 25.1 Å². The van der Waals surface area contributed by atoms with Crippen molar-refractivity contribution < 1.29 is 4.74 Å². The number of aromatic nitrogens is 2. The zero-order valence-corrected chi connectivity index (χ0v) is 15.8. The van der Waals surface area contributed by atoms with Crippen LogP contribution in [-0.4, -0.2) is 17.1 Å². The van der Waals surface area contributed by atoms with Gasteiger partial charge in [0.2, 0.25) is 5.95 Å². The molecule has 2 aromatic carbocycles. The molecule has 2 N–H and O–H groups in total. The molecular formula is C20H21ClN4O. The molecule has 1 aromatic heterocycles. The maximum absolute atomic E-state index is 6.09. The van der Waals surface area contributed by atoms with Gasteiger partial charge in [-0.3, -0.25) is 0 Å². The molecule has 6 heteroatoms. The number of rotatable bonds is 6. The topological polar surface area (TPSA) is 59.1 Å². The number of hydrogen-bond donors (Lipinski definition) is 2. The van der Waals surface area contributed by atoms with Crippen molar-refractivity contribution in [1.29, 1.82) is 0 Å². The highest BCUT2D eigenvalue weighted by Gasteiger charge is 2.08. The van der Waals surface area contributed by atoms with Gasteiger partial charge in [-0.1, -0.05) is 35.9 Å². The Morgan fingerprint density at radius 1 is 1.04 bits per heavy atom. The molecule has 0 spiro atoms. The Balaban J connectivity index is 1.80. The lowest BCUT2D eigenvalue weighted by molar-refractivity contribution is 0.417. The van der Waals surface area contributed by atoms with Crippen molar-refractivity contribution in [2.75, 3.05) is 17.7 Å². The van der Waals surface area contributed by atoms with Gasteiger partial charge in [-0.2, -0.15) is 4.98 Å². The van der Waals surface area contributed by atoms with Crippen molar-refractivity contribution in [3.05, 3.63) is 70.4 Å². The fourth-order valence-corrected chi connectivity index (χ4v) is 2.78. The van der Waals surface area contributed by atoms with E-state index in [2.05, 4.69) is 39.7 Å². The van der Waals surface area contributed by atoms with Crippen molar-refractivity contribution in [2.24, 2.45) is 0 Å². The second-order valence-electron chi connectivity index (χ2n) is 5.97. The van der Waals surface area contributed by atoms with Crippen LogP contribution in [0.2, 0.25) is 5.02 Å². The SMILES string of the molecule is COc1ccc(Cl)cc1Nc1nc(C)cc(NCc2ccccc2C)n1. The van der Waals surface area contributed by atoms with E-state index in [0.29, 0.717) is 23.3 Å². The summed E-state index contributed by atoms with van der Waals surface area (Å²) in [5, 5.41) is 7.15. The monoisotopic (exact) mass is 368 g/mol. The van der Waals surface area contributed by atoms with E-state index in [1.54, 1.807) is 25.3 Å². The summed E-state index contributed by atoms with van der Waals surface area (Å²) in [6.07, 6.45) is 0. The quantitative estimate of drug-likeness (QED) is 0.633. The minimum atomic E-state index is 0.484. The molecule has 0 radical (unpaired) electrons. The zero-order chi connectivity index (χ0) is 18.5. The predicted octanol–water partition coefficient (Wildman–Crippen LogP) is 5.11. The maximum Gasteiger partial charge on any atom is 0.229 e. The number of anilines is 3. The van der Waals surface area contributed by atoms with Crippen LogP contribution < -0.4 is 15.4 Å². The van der Waals surface area contributed by atoms with Crippen molar-refractivity contribution in [1.82, 2.24) is 9.97 Å². The summed E-state index contributed by atoms with van der Waals surface area (Å²) in [4.78, 5) is 8.99. The van der Waals surface area contributed by atoms with E-state index in [-0.39, 0.29) is 0 Å². The Kier molecular flexibility index (Phi) is 5.58. The molecule has 0 atom stereocenters. The first-order valence-electron chi connectivity index (χ1n) is 8.30. The minimum Gasteiger partial charge on any atom is -0.495 e. The maximum atomic E-state index is 6.09. The number of halogens is 1. The molecule has 0 saturated heterocycles. The first-order valence-corrected chi connectivity index (χ1v) is 8.67. The summed E-state index contributed by atoms with van der Waals surface area (Å²) < 4.78 is 5.36. The van der Waals surface area contributed by atoms with Gasteiger partial charge in [0.05, 0.1) is 12.8 Å². The average Bonchev–Trinajstić information content (AvgIpc) is 2.61. The van der Waals surface area contributed by atoms with E-state index in [1.165, 1.54) is 11.1 Å². The minimum absolute atomic E-state index is 0.484. The molecule has 0 unspecified atom stereocenters. The highest BCUT2D eigenvalue weighted by Crippen LogP contribution is 2.29. The third-order valence-electron chi connectivity index (χ3n) is 3.98. The number of hydrogen-bond acceptors (Lipinski definition) is 5. The molecule has 0 aliphatic rings.